The van der Waals surface area contributed by atoms with Crippen molar-refractivity contribution in [3.8, 4) is 0 Å². The lowest BCUT2D eigenvalue weighted by atomic mass is 9.97. The van der Waals surface area contributed by atoms with E-state index in [1.807, 2.05) is 25.3 Å². The van der Waals surface area contributed by atoms with Crippen LogP contribution in [-0.2, 0) is 15.9 Å². The number of hydrogen-bond donors (Lipinski definition) is 0. The summed E-state index contributed by atoms with van der Waals surface area (Å²) in [6.07, 6.45) is 3.74. The molecule has 0 aromatic carbocycles. The van der Waals surface area contributed by atoms with Crippen molar-refractivity contribution in [2.45, 2.75) is 32.5 Å². The maximum absolute atomic E-state index is 5.61. The monoisotopic (exact) mass is 221 g/mol. The van der Waals surface area contributed by atoms with E-state index in [4.69, 9.17) is 9.47 Å². The van der Waals surface area contributed by atoms with Gasteiger partial charge < -0.3 is 9.47 Å². The largest absolute Gasteiger partial charge is 0.348 e. The highest BCUT2D eigenvalue weighted by Gasteiger charge is 2.32. The first-order valence-corrected chi connectivity index (χ1v) is 5.86. The van der Waals surface area contributed by atoms with E-state index >= 15 is 0 Å². The molecule has 1 aromatic rings. The molecular weight excluding hydrogens is 202 g/mol. The number of hydrogen-bond acceptors (Lipinski definition) is 3. The number of nitrogens with zero attached hydrogens (tertiary/aromatic N) is 1. The Morgan fingerprint density at radius 3 is 2.75 bits per heavy atom. The van der Waals surface area contributed by atoms with Gasteiger partial charge in [0.15, 0.2) is 5.79 Å². The average Bonchev–Trinajstić information content (AvgIpc) is 2.66. The van der Waals surface area contributed by atoms with Gasteiger partial charge in [0, 0.05) is 18.3 Å². The van der Waals surface area contributed by atoms with Crippen LogP contribution in [0.1, 0.15) is 26.0 Å². The van der Waals surface area contributed by atoms with Crippen molar-refractivity contribution in [3.05, 3.63) is 30.1 Å². The van der Waals surface area contributed by atoms with Gasteiger partial charge >= 0.3 is 0 Å². The van der Waals surface area contributed by atoms with Crippen LogP contribution in [0.5, 0.6) is 0 Å². The number of pyridine rings is 1. The van der Waals surface area contributed by atoms with Gasteiger partial charge in [-0.15, -0.1) is 0 Å². The second-order valence-corrected chi connectivity index (χ2v) is 4.67. The molecule has 16 heavy (non-hydrogen) atoms. The number of ether oxygens (including phenoxy) is 2. The molecule has 1 fully saturated rings. The first kappa shape index (κ1) is 11.6. The molecular formula is C13H19NO2. The Labute approximate surface area is 96.8 Å². The average molecular weight is 221 g/mol. The summed E-state index contributed by atoms with van der Waals surface area (Å²) in [5, 5.41) is 0. The van der Waals surface area contributed by atoms with E-state index in [2.05, 4.69) is 18.0 Å². The molecule has 1 aliphatic rings. The fourth-order valence-electron chi connectivity index (χ4n) is 2.26. The van der Waals surface area contributed by atoms with E-state index < -0.39 is 0 Å². The third-order valence-corrected chi connectivity index (χ3v) is 2.90. The van der Waals surface area contributed by atoms with E-state index in [0.717, 1.165) is 18.5 Å². The zero-order valence-electron chi connectivity index (χ0n) is 9.98. The summed E-state index contributed by atoms with van der Waals surface area (Å²) >= 11 is 0. The Kier molecular flexibility index (Phi) is 3.56. The molecule has 1 saturated heterocycles. The summed E-state index contributed by atoms with van der Waals surface area (Å²) in [6.45, 7) is 5.67. The summed E-state index contributed by atoms with van der Waals surface area (Å²) in [7, 11) is 0. The standard InChI is InChI=1S/C13H19NO2/c1-11(9-12-5-3-4-6-14-12)10-13(2)15-7-8-16-13/h3-6,11H,7-10H2,1-2H3/t11-/m0/s1. The first-order chi connectivity index (χ1) is 7.68. The Morgan fingerprint density at radius 1 is 1.38 bits per heavy atom. The van der Waals surface area contributed by atoms with Gasteiger partial charge in [-0.05, 0) is 31.4 Å². The maximum Gasteiger partial charge on any atom is 0.166 e. The van der Waals surface area contributed by atoms with Crippen LogP contribution in [0.3, 0.4) is 0 Å². The van der Waals surface area contributed by atoms with Crippen LogP contribution in [0.2, 0.25) is 0 Å². The molecule has 0 bridgehead atoms. The van der Waals surface area contributed by atoms with Gasteiger partial charge in [0.2, 0.25) is 0 Å². The Balaban J connectivity index is 1.86. The molecule has 3 heteroatoms. The SMILES string of the molecule is C[C@@H](Cc1ccccn1)CC1(C)OCCO1. The minimum atomic E-state index is -0.381. The van der Waals surface area contributed by atoms with Crippen LogP contribution in [-0.4, -0.2) is 24.0 Å². The van der Waals surface area contributed by atoms with Gasteiger partial charge in [-0.2, -0.15) is 0 Å². The van der Waals surface area contributed by atoms with Crippen molar-refractivity contribution in [2.75, 3.05) is 13.2 Å². The van der Waals surface area contributed by atoms with E-state index in [1.165, 1.54) is 0 Å². The van der Waals surface area contributed by atoms with Gasteiger partial charge in [-0.3, -0.25) is 4.98 Å². The molecule has 0 radical (unpaired) electrons. The zero-order valence-corrected chi connectivity index (χ0v) is 9.98. The molecule has 0 saturated carbocycles. The first-order valence-electron chi connectivity index (χ1n) is 5.86. The van der Waals surface area contributed by atoms with Gasteiger partial charge in [0.1, 0.15) is 0 Å². The van der Waals surface area contributed by atoms with Crippen molar-refractivity contribution in [1.82, 2.24) is 4.98 Å². The van der Waals surface area contributed by atoms with Crippen LogP contribution in [0.15, 0.2) is 24.4 Å². The molecule has 1 atom stereocenters. The second-order valence-electron chi connectivity index (χ2n) is 4.67. The molecule has 0 aliphatic carbocycles. The molecule has 3 nitrogen and oxygen atoms in total. The van der Waals surface area contributed by atoms with Crippen molar-refractivity contribution in [3.63, 3.8) is 0 Å². The quantitative estimate of drug-likeness (QED) is 0.782. The van der Waals surface area contributed by atoms with Crippen molar-refractivity contribution < 1.29 is 9.47 Å². The second kappa shape index (κ2) is 4.93. The van der Waals surface area contributed by atoms with Crippen LogP contribution in [0.25, 0.3) is 0 Å². The lowest BCUT2D eigenvalue weighted by molar-refractivity contribution is -0.153. The molecule has 1 aromatic heterocycles. The highest BCUT2D eigenvalue weighted by molar-refractivity contribution is 5.04. The molecule has 2 rings (SSSR count). The van der Waals surface area contributed by atoms with Crippen LogP contribution < -0.4 is 0 Å². The van der Waals surface area contributed by atoms with Crippen LogP contribution in [0, 0.1) is 5.92 Å². The molecule has 1 aliphatic heterocycles. The topological polar surface area (TPSA) is 31.4 Å². The molecule has 0 N–H and O–H groups in total. The van der Waals surface area contributed by atoms with Crippen molar-refractivity contribution in [2.24, 2.45) is 5.92 Å². The lowest BCUT2D eigenvalue weighted by Crippen LogP contribution is -2.28. The zero-order chi connectivity index (χ0) is 11.4. The molecule has 0 amide bonds. The van der Waals surface area contributed by atoms with Crippen molar-refractivity contribution in [1.29, 1.82) is 0 Å². The minimum absolute atomic E-state index is 0.381. The van der Waals surface area contributed by atoms with E-state index in [0.29, 0.717) is 19.1 Å². The summed E-state index contributed by atoms with van der Waals surface area (Å²) in [5.74, 6) is 0.131. The predicted molar refractivity (Wildman–Crippen MR) is 62.0 cm³/mol. The smallest absolute Gasteiger partial charge is 0.166 e. The van der Waals surface area contributed by atoms with E-state index in [-0.39, 0.29) is 5.79 Å². The van der Waals surface area contributed by atoms with Crippen LogP contribution in [0.4, 0.5) is 0 Å². The normalized spacial score (nSPS) is 20.9. The predicted octanol–water partition coefficient (Wildman–Crippen LogP) is 2.41. The van der Waals surface area contributed by atoms with E-state index in [9.17, 15) is 0 Å². The fourth-order valence-corrected chi connectivity index (χ4v) is 2.26. The van der Waals surface area contributed by atoms with Crippen LogP contribution >= 0.6 is 0 Å². The summed E-state index contributed by atoms with van der Waals surface area (Å²) in [4.78, 5) is 4.33. The van der Waals surface area contributed by atoms with E-state index in [1.54, 1.807) is 0 Å². The number of rotatable bonds is 4. The summed E-state index contributed by atoms with van der Waals surface area (Å²) in [6, 6.07) is 6.03. The molecule has 88 valence electrons. The molecule has 0 unspecified atom stereocenters. The fraction of sp³-hybridized carbons (Fsp3) is 0.615. The summed E-state index contributed by atoms with van der Waals surface area (Å²) in [5.41, 5.74) is 1.14. The Hall–Kier alpha value is -0.930. The summed E-state index contributed by atoms with van der Waals surface area (Å²) < 4.78 is 11.2. The third kappa shape index (κ3) is 3.03. The third-order valence-electron chi connectivity index (χ3n) is 2.90. The van der Waals surface area contributed by atoms with Gasteiger partial charge in [-0.1, -0.05) is 13.0 Å². The van der Waals surface area contributed by atoms with Gasteiger partial charge in [-0.25, -0.2) is 0 Å². The highest BCUT2D eigenvalue weighted by atomic mass is 16.7. The van der Waals surface area contributed by atoms with Gasteiger partial charge in [0.25, 0.3) is 0 Å². The number of aromatic nitrogens is 1. The maximum atomic E-state index is 5.61. The van der Waals surface area contributed by atoms with Gasteiger partial charge in [0.05, 0.1) is 13.2 Å². The lowest BCUT2D eigenvalue weighted by Gasteiger charge is -2.25. The Bertz CT molecular complexity index is 320. The highest BCUT2D eigenvalue weighted by Crippen LogP contribution is 2.27. The van der Waals surface area contributed by atoms with Crippen molar-refractivity contribution >= 4 is 0 Å². The minimum Gasteiger partial charge on any atom is -0.348 e. The Morgan fingerprint density at radius 2 is 2.12 bits per heavy atom. The molecule has 0 spiro atoms. The molecule has 2 heterocycles.